The Kier molecular flexibility index (Phi) is 10.7. The topological polar surface area (TPSA) is 55.4 Å². The first-order chi connectivity index (χ1) is 13.2. The molecule has 0 bridgehead atoms. The molecule has 0 aromatic rings. The molecule has 1 fully saturated rings. The molecular weight excluding hydrogens is 513 g/mol. The molecule has 0 radical (unpaired) electrons. The minimum Gasteiger partial charge on any atom is -0.442 e. The maximum atomic E-state index is 6.88. The van der Waals surface area contributed by atoms with Crippen LogP contribution in [0.25, 0.3) is 0 Å². The number of rotatable bonds is 9. The van der Waals surface area contributed by atoms with Crippen molar-refractivity contribution < 1.29 is 24.7 Å². The highest BCUT2D eigenvalue weighted by Crippen LogP contribution is 2.33. The molecule has 1 aliphatic rings. The van der Waals surface area contributed by atoms with Crippen LogP contribution in [0.15, 0.2) is 0 Å². The fourth-order valence-electron chi connectivity index (χ4n) is 4.46. The molecule has 0 aromatic carbocycles. The summed E-state index contributed by atoms with van der Waals surface area (Å²) in [4.78, 5) is 0. The van der Waals surface area contributed by atoms with E-state index in [0.717, 1.165) is 17.8 Å². The Hall–Kier alpha value is 1.50. The van der Waals surface area contributed by atoms with E-state index in [9.17, 15) is 0 Å². The van der Waals surface area contributed by atoms with E-state index in [0.29, 0.717) is 0 Å². The average molecular weight is 561 g/mol. The van der Waals surface area contributed by atoms with Crippen LogP contribution in [0.3, 0.4) is 0 Å². The van der Waals surface area contributed by atoms with Gasteiger partial charge in [-0.3, -0.25) is 0 Å². The van der Waals surface area contributed by atoms with Crippen LogP contribution in [0.4, 0.5) is 0 Å². The Morgan fingerprint density at radius 1 is 0.767 bits per heavy atom. The zero-order valence-corrected chi connectivity index (χ0v) is 30.3. The molecule has 30 heavy (non-hydrogen) atoms. The summed E-state index contributed by atoms with van der Waals surface area (Å²) in [6.45, 7) is 29.1. The van der Waals surface area contributed by atoms with Gasteiger partial charge >= 0.3 is 17.1 Å². The van der Waals surface area contributed by atoms with Crippen LogP contribution in [0, 0.1) is 0 Å². The van der Waals surface area contributed by atoms with E-state index in [1.807, 2.05) is 0 Å². The van der Waals surface area contributed by atoms with Crippen molar-refractivity contribution in [3.8, 4) is 0 Å². The Morgan fingerprint density at radius 3 is 1.80 bits per heavy atom. The molecule has 0 saturated carbocycles. The standard InChI is InChI=1S/C16H48O6Si8/c1-23-16-29(12,19-25(3)18-24(2)17-23)14-15-30(13,21-27(7,8)9)22-28(10,11)20-26(4,5)6/h23-25H,14-16H2,1-13H3. The summed E-state index contributed by atoms with van der Waals surface area (Å²) in [7, 11) is -14.4. The second-order valence-corrected chi connectivity index (χ2v) is 40.1. The van der Waals surface area contributed by atoms with Gasteiger partial charge < -0.3 is 24.7 Å². The molecule has 1 heterocycles. The van der Waals surface area contributed by atoms with E-state index in [1.165, 1.54) is 0 Å². The highest BCUT2D eigenvalue weighted by Gasteiger charge is 2.47. The summed E-state index contributed by atoms with van der Waals surface area (Å²) in [6, 6.07) is 2.04. The van der Waals surface area contributed by atoms with E-state index < -0.39 is 69.7 Å². The number of hydrogen-bond acceptors (Lipinski definition) is 6. The van der Waals surface area contributed by atoms with E-state index in [1.54, 1.807) is 0 Å². The molecule has 1 rings (SSSR count). The van der Waals surface area contributed by atoms with Gasteiger partial charge in [0.05, 0.1) is 0 Å². The van der Waals surface area contributed by atoms with Crippen molar-refractivity contribution in [3.63, 3.8) is 0 Å². The lowest BCUT2D eigenvalue weighted by Crippen LogP contribution is -2.58. The van der Waals surface area contributed by atoms with Crippen molar-refractivity contribution in [2.75, 3.05) is 0 Å². The zero-order chi connectivity index (χ0) is 23.6. The van der Waals surface area contributed by atoms with Gasteiger partial charge in [-0.05, 0) is 103 Å². The van der Waals surface area contributed by atoms with E-state index >= 15 is 0 Å². The maximum absolute atomic E-state index is 6.88. The Morgan fingerprint density at radius 2 is 1.30 bits per heavy atom. The average Bonchev–Trinajstić information content (AvgIpc) is 2.37. The summed E-state index contributed by atoms with van der Waals surface area (Å²) in [5.41, 5.74) is 1.16. The monoisotopic (exact) mass is 560 g/mol. The molecule has 6 nitrogen and oxygen atoms in total. The predicted octanol–water partition coefficient (Wildman–Crippen LogP) is 4.71. The summed E-state index contributed by atoms with van der Waals surface area (Å²) < 4.78 is 39.4. The summed E-state index contributed by atoms with van der Waals surface area (Å²) in [6.07, 6.45) is 0. The quantitative estimate of drug-likeness (QED) is 0.381. The van der Waals surface area contributed by atoms with Gasteiger partial charge in [-0.1, -0.05) is 0 Å². The predicted molar refractivity (Wildman–Crippen MR) is 147 cm³/mol. The Balaban J connectivity index is 3.00. The second-order valence-electron chi connectivity index (χ2n) is 11.6. The maximum Gasteiger partial charge on any atom is 0.315 e. The summed E-state index contributed by atoms with van der Waals surface area (Å²) >= 11 is 0. The number of hydrogen-bond donors (Lipinski definition) is 0. The second kappa shape index (κ2) is 10.8. The lowest BCUT2D eigenvalue weighted by Gasteiger charge is -2.43. The Bertz CT molecular complexity index is 541. The third-order valence-electron chi connectivity index (χ3n) is 4.62. The van der Waals surface area contributed by atoms with Crippen molar-refractivity contribution >= 4 is 69.7 Å². The van der Waals surface area contributed by atoms with Crippen molar-refractivity contribution in [2.24, 2.45) is 0 Å². The van der Waals surface area contributed by atoms with Gasteiger partial charge in [-0.15, -0.1) is 0 Å². The molecule has 14 heteroatoms. The van der Waals surface area contributed by atoms with E-state index in [4.69, 9.17) is 24.7 Å². The van der Waals surface area contributed by atoms with Crippen molar-refractivity contribution in [2.45, 2.75) is 103 Å². The lowest BCUT2D eigenvalue weighted by molar-refractivity contribution is 0.323. The molecule has 1 aliphatic heterocycles. The van der Waals surface area contributed by atoms with Crippen molar-refractivity contribution in [1.29, 1.82) is 0 Å². The summed E-state index contributed by atoms with van der Waals surface area (Å²) in [5, 5.41) is 0. The molecular formula is C16H48O6Si8. The molecule has 0 aliphatic carbocycles. The van der Waals surface area contributed by atoms with Gasteiger partial charge in [-0.2, -0.15) is 0 Å². The Labute approximate surface area is 196 Å². The molecule has 0 spiro atoms. The minimum absolute atomic E-state index is 0.973. The highest BCUT2D eigenvalue weighted by molar-refractivity contribution is 6.92. The van der Waals surface area contributed by atoms with Crippen LogP contribution in [0.2, 0.25) is 103 Å². The normalized spacial score (nSPS) is 31.7. The molecule has 5 atom stereocenters. The molecule has 1 saturated heterocycles. The molecule has 0 amide bonds. The van der Waals surface area contributed by atoms with Crippen LogP contribution in [0.1, 0.15) is 0 Å². The molecule has 0 aromatic heterocycles. The SMILES string of the molecule is C[SiH]1C[Si](C)(CC[Si](C)(O[Si](C)(C)C)O[Si](C)(C)O[Si](C)(C)C)O[SiH](C)O[SiH](C)O1. The van der Waals surface area contributed by atoms with Crippen molar-refractivity contribution in [1.82, 2.24) is 0 Å². The van der Waals surface area contributed by atoms with Gasteiger partial charge in [0.15, 0.2) is 34.0 Å². The smallest absolute Gasteiger partial charge is 0.315 e. The summed E-state index contributed by atoms with van der Waals surface area (Å²) in [5.74, 6) is 0. The van der Waals surface area contributed by atoms with Gasteiger partial charge in [0.25, 0.3) is 18.6 Å². The van der Waals surface area contributed by atoms with Crippen LogP contribution in [-0.2, 0) is 24.7 Å². The van der Waals surface area contributed by atoms with Gasteiger partial charge in [-0.25, -0.2) is 0 Å². The van der Waals surface area contributed by atoms with Crippen LogP contribution >= 0.6 is 0 Å². The molecule has 5 unspecified atom stereocenters. The highest BCUT2D eigenvalue weighted by atomic mass is 28.5. The van der Waals surface area contributed by atoms with Gasteiger partial charge in [0.2, 0.25) is 0 Å². The van der Waals surface area contributed by atoms with Crippen molar-refractivity contribution in [3.05, 3.63) is 0 Å². The fraction of sp³-hybridized carbons (Fsp3) is 1.00. The molecule has 180 valence electrons. The lowest BCUT2D eigenvalue weighted by atomic mass is 10.9. The van der Waals surface area contributed by atoms with E-state index in [-0.39, 0.29) is 0 Å². The van der Waals surface area contributed by atoms with Crippen LogP contribution in [-0.4, -0.2) is 69.7 Å². The van der Waals surface area contributed by atoms with Gasteiger partial charge in [0, 0.05) is 0 Å². The first-order valence-corrected chi connectivity index (χ1v) is 32.9. The van der Waals surface area contributed by atoms with Gasteiger partial charge in [0.1, 0.15) is 0 Å². The minimum atomic E-state index is -2.40. The third-order valence-corrected chi connectivity index (χ3v) is 35.7. The third kappa shape index (κ3) is 12.1. The largest absolute Gasteiger partial charge is 0.442 e. The van der Waals surface area contributed by atoms with Crippen LogP contribution < -0.4 is 0 Å². The zero-order valence-electron chi connectivity index (χ0n) is 21.8. The van der Waals surface area contributed by atoms with Crippen LogP contribution in [0.5, 0.6) is 0 Å². The first-order valence-electron chi connectivity index (χ1n) is 11.3. The fourth-order valence-corrected chi connectivity index (χ4v) is 43.7. The van der Waals surface area contributed by atoms with E-state index in [2.05, 4.69) is 85.1 Å². The molecule has 0 N–H and O–H groups in total. The first kappa shape index (κ1) is 29.5.